The van der Waals surface area contributed by atoms with Crippen molar-refractivity contribution in [2.75, 3.05) is 6.54 Å². The number of aromatic nitrogens is 1. The van der Waals surface area contributed by atoms with Gasteiger partial charge in [0.1, 0.15) is 0 Å². The van der Waals surface area contributed by atoms with Crippen molar-refractivity contribution >= 4 is 28.5 Å². The Bertz CT molecular complexity index is 981. The molecule has 0 radical (unpaired) electrons. The molecule has 1 atom stereocenters. The number of rotatable bonds is 6. The summed E-state index contributed by atoms with van der Waals surface area (Å²) in [4.78, 5) is 27.5. The van der Waals surface area contributed by atoms with Gasteiger partial charge in [0, 0.05) is 32.6 Å². The molecule has 0 aliphatic carbocycles. The fraction of sp³-hybridized carbons (Fsp3) is 0.250. The Kier molecular flexibility index (Phi) is 5.19. The minimum Gasteiger partial charge on any atom is -0.462 e. The van der Waals surface area contributed by atoms with Crippen LogP contribution in [0.15, 0.2) is 54.7 Å². The first kappa shape index (κ1) is 18.9. The second-order valence-corrected chi connectivity index (χ2v) is 7.04. The van der Waals surface area contributed by atoms with Crippen molar-refractivity contribution in [2.45, 2.75) is 25.4 Å². The molecule has 0 unspecified atom stereocenters. The standard InChI is InChI=1S/C20H19ClN2O4/c1-13(2)27-19(24)20(12-23(25)26,14-7-9-15(21)10-8-14)17-11-22-18-6-4-3-5-16(17)18/h3-11,13,22H,12H2,1-2H3/t20-/m0/s1. The van der Waals surface area contributed by atoms with Crippen LogP contribution in [0.3, 0.4) is 0 Å². The van der Waals surface area contributed by atoms with Crippen molar-refractivity contribution in [1.82, 2.24) is 4.98 Å². The smallest absolute Gasteiger partial charge is 0.328 e. The topological polar surface area (TPSA) is 85.2 Å². The maximum Gasteiger partial charge on any atom is 0.328 e. The molecule has 0 saturated heterocycles. The van der Waals surface area contributed by atoms with Crippen LogP contribution in [0, 0.1) is 10.1 Å². The van der Waals surface area contributed by atoms with Crippen LogP contribution in [0.1, 0.15) is 25.0 Å². The number of nitro groups is 1. The van der Waals surface area contributed by atoms with E-state index in [4.69, 9.17) is 16.3 Å². The molecule has 6 nitrogen and oxygen atoms in total. The summed E-state index contributed by atoms with van der Waals surface area (Å²) in [6.07, 6.45) is 1.23. The van der Waals surface area contributed by atoms with Gasteiger partial charge in [0.2, 0.25) is 6.54 Å². The predicted molar refractivity (Wildman–Crippen MR) is 104 cm³/mol. The number of aromatic amines is 1. The van der Waals surface area contributed by atoms with Gasteiger partial charge in [-0.3, -0.25) is 14.9 Å². The quantitative estimate of drug-likeness (QED) is 0.388. The lowest BCUT2D eigenvalue weighted by molar-refractivity contribution is -0.486. The van der Waals surface area contributed by atoms with Crippen LogP contribution >= 0.6 is 11.6 Å². The summed E-state index contributed by atoms with van der Waals surface area (Å²) in [6.45, 7) is 2.79. The molecule has 0 aliphatic rings. The highest BCUT2D eigenvalue weighted by molar-refractivity contribution is 6.30. The second-order valence-electron chi connectivity index (χ2n) is 6.61. The Morgan fingerprint density at radius 2 is 1.89 bits per heavy atom. The highest BCUT2D eigenvalue weighted by Gasteiger charge is 2.50. The van der Waals surface area contributed by atoms with Gasteiger partial charge in [0.15, 0.2) is 5.41 Å². The number of halogens is 1. The van der Waals surface area contributed by atoms with Crippen molar-refractivity contribution in [3.8, 4) is 0 Å². The van der Waals surface area contributed by atoms with Gasteiger partial charge in [-0.2, -0.15) is 0 Å². The molecule has 0 bridgehead atoms. The average molecular weight is 387 g/mol. The number of benzene rings is 2. The summed E-state index contributed by atoms with van der Waals surface area (Å²) in [7, 11) is 0. The SMILES string of the molecule is CC(C)OC(=O)[C@@](C[N+](=O)[O-])(c1ccc(Cl)cc1)c1c[nH]c2ccccc12. The van der Waals surface area contributed by atoms with E-state index in [1.807, 2.05) is 24.3 Å². The highest BCUT2D eigenvalue weighted by Crippen LogP contribution is 2.39. The summed E-state index contributed by atoms with van der Waals surface area (Å²) >= 11 is 6.00. The van der Waals surface area contributed by atoms with Crippen LogP contribution in [0.25, 0.3) is 10.9 Å². The van der Waals surface area contributed by atoms with E-state index in [1.165, 1.54) is 0 Å². The van der Waals surface area contributed by atoms with Crippen LogP contribution in [0.2, 0.25) is 5.02 Å². The van der Waals surface area contributed by atoms with E-state index >= 15 is 0 Å². The molecule has 27 heavy (non-hydrogen) atoms. The van der Waals surface area contributed by atoms with E-state index in [0.717, 1.165) is 10.9 Å². The fourth-order valence-electron chi connectivity index (χ4n) is 3.29. The van der Waals surface area contributed by atoms with Gasteiger partial charge in [0.25, 0.3) is 0 Å². The molecule has 1 heterocycles. The van der Waals surface area contributed by atoms with E-state index in [9.17, 15) is 14.9 Å². The summed E-state index contributed by atoms with van der Waals surface area (Å²) in [5.74, 6) is -0.665. The minimum atomic E-state index is -1.60. The maximum atomic E-state index is 13.3. The first-order valence-electron chi connectivity index (χ1n) is 8.50. The molecule has 140 valence electrons. The number of nitrogens with zero attached hydrogens (tertiary/aromatic N) is 1. The molecule has 0 saturated carbocycles. The number of carbonyl (C=O) groups excluding carboxylic acids is 1. The second kappa shape index (κ2) is 7.40. The van der Waals surface area contributed by atoms with Gasteiger partial charge in [0.05, 0.1) is 6.10 Å². The monoisotopic (exact) mass is 386 g/mol. The molecule has 0 spiro atoms. The Morgan fingerprint density at radius 3 is 2.52 bits per heavy atom. The Morgan fingerprint density at radius 1 is 1.22 bits per heavy atom. The highest BCUT2D eigenvalue weighted by atomic mass is 35.5. The molecular weight excluding hydrogens is 368 g/mol. The Balaban J connectivity index is 2.33. The number of para-hydroxylation sites is 1. The molecule has 3 aromatic rings. The van der Waals surface area contributed by atoms with Crippen molar-refractivity contribution in [3.05, 3.63) is 81.0 Å². The van der Waals surface area contributed by atoms with Gasteiger partial charge in [-0.1, -0.05) is 41.9 Å². The third-order valence-electron chi connectivity index (χ3n) is 4.44. The number of carbonyl (C=O) groups is 1. The van der Waals surface area contributed by atoms with Crippen molar-refractivity contribution < 1.29 is 14.5 Å². The van der Waals surface area contributed by atoms with Crippen LogP contribution in [0.4, 0.5) is 0 Å². The van der Waals surface area contributed by atoms with E-state index in [0.29, 0.717) is 16.1 Å². The zero-order chi connectivity index (χ0) is 19.6. The molecule has 1 N–H and O–H groups in total. The van der Waals surface area contributed by atoms with Crippen molar-refractivity contribution in [2.24, 2.45) is 0 Å². The average Bonchev–Trinajstić information content (AvgIpc) is 3.04. The van der Waals surface area contributed by atoms with Gasteiger partial charge >= 0.3 is 5.97 Å². The molecule has 7 heteroatoms. The first-order chi connectivity index (χ1) is 12.8. The summed E-state index contributed by atoms with van der Waals surface area (Å²) in [6, 6.07) is 13.9. The van der Waals surface area contributed by atoms with Crippen LogP contribution in [-0.4, -0.2) is 28.5 Å². The van der Waals surface area contributed by atoms with Gasteiger partial charge in [-0.05, 0) is 37.6 Å². The third kappa shape index (κ3) is 3.53. The molecule has 3 rings (SSSR count). The zero-order valence-corrected chi connectivity index (χ0v) is 15.7. The third-order valence-corrected chi connectivity index (χ3v) is 4.70. The van der Waals surface area contributed by atoms with Crippen LogP contribution in [0.5, 0.6) is 0 Å². The Hall–Kier alpha value is -2.86. The lowest BCUT2D eigenvalue weighted by Crippen LogP contribution is -2.45. The maximum absolute atomic E-state index is 13.3. The number of ether oxygens (including phenoxy) is 1. The largest absolute Gasteiger partial charge is 0.462 e. The van der Waals surface area contributed by atoms with E-state index < -0.39 is 29.0 Å². The van der Waals surface area contributed by atoms with E-state index in [2.05, 4.69) is 4.98 Å². The summed E-state index contributed by atoms with van der Waals surface area (Å²) < 4.78 is 5.48. The molecular formula is C20H19ClN2O4. The van der Waals surface area contributed by atoms with Crippen LogP contribution < -0.4 is 0 Å². The van der Waals surface area contributed by atoms with Crippen molar-refractivity contribution in [1.29, 1.82) is 0 Å². The van der Waals surface area contributed by atoms with Crippen LogP contribution in [-0.2, 0) is 14.9 Å². The molecule has 1 aromatic heterocycles. The number of fused-ring (bicyclic) bond motifs is 1. The normalized spacial score (nSPS) is 13.5. The first-order valence-corrected chi connectivity index (χ1v) is 8.88. The minimum absolute atomic E-state index is 0.416. The van der Waals surface area contributed by atoms with Crippen molar-refractivity contribution in [3.63, 3.8) is 0 Å². The number of esters is 1. The van der Waals surface area contributed by atoms with Gasteiger partial charge in [-0.25, -0.2) is 0 Å². The van der Waals surface area contributed by atoms with E-state index in [-0.39, 0.29) is 0 Å². The summed E-state index contributed by atoms with van der Waals surface area (Å²) in [5, 5.41) is 12.8. The lowest BCUT2D eigenvalue weighted by Gasteiger charge is -2.29. The number of nitrogens with one attached hydrogen (secondary N) is 1. The van der Waals surface area contributed by atoms with Gasteiger partial charge in [-0.15, -0.1) is 0 Å². The molecule has 2 aromatic carbocycles. The molecule has 0 aliphatic heterocycles. The lowest BCUT2D eigenvalue weighted by atomic mass is 9.74. The number of hydrogen-bond donors (Lipinski definition) is 1. The molecule has 0 fully saturated rings. The van der Waals surface area contributed by atoms with E-state index in [1.54, 1.807) is 44.3 Å². The summed E-state index contributed by atoms with van der Waals surface area (Å²) in [5.41, 5.74) is 0.145. The van der Waals surface area contributed by atoms with Gasteiger partial charge < -0.3 is 9.72 Å². The predicted octanol–water partition coefficient (Wildman–Crippen LogP) is 4.34. The zero-order valence-electron chi connectivity index (χ0n) is 14.9. The Labute approximate surface area is 161 Å². The number of H-pyrrole nitrogens is 1. The molecule has 0 amide bonds. The fourth-order valence-corrected chi connectivity index (χ4v) is 3.42. The number of hydrogen-bond acceptors (Lipinski definition) is 4.